The Balaban J connectivity index is 0.973. The maximum Gasteiger partial charge on any atom is 0.0493 e. The molecule has 0 radical (unpaired) electrons. The first-order valence-electron chi connectivity index (χ1n) is 21.7. The Morgan fingerprint density at radius 2 is 1.03 bits per heavy atom. The molecule has 61 heavy (non-hydrogen) atoms. The van der Waals surface area contributed by atoms with Gasteiger partial charge in [-0.25, -0.2) is 0 Å². The van der Waals surface area contributed by atoms with Gasteiger partial charge in [0.05, 0.1) is 0 Å². The van der Waals surface area contributed by atoms with E-state index in [-0.39, 0.29) is 0 Å². The molecular weight excluding hydrogens is 735 g/mol. The van der Waals surface area contributed by atoms with Crippen LogP contribution in [-0.2, 0) is 0 Å². The van der Waals surface area contributed by atoms with Crippen molar-refractivity contribution in [2.24, 2.45) is 5.92 Å². The maximum absolute atomic E-state index is 2.51. The summed E-state index contributed by atoms with van der Waals surface area (Å²) < 4.78 is 0. The summed E-state index contributed by atoms with van der Waals surface area (Å²) in [5.74, 6) is 0.724. The lowest BCUT2D eigenvalue weighted by atomic mass is 9.67. The first-order chi connectivity index (χ1) is 29.9. The number of allylic oxidation sites excluding steroid dienone is 6. The van der Waals surface area contributed by atoms with Gasteiger partial charge in [0.2, 0.25) is 0 Å². The van der Waals surface area contributed by atoms with Gasteiger partial charge in [-0.3, -0.25) is 0 Å². The lowest BCUT2D eigenvalue weighted by molar-refractivity contribution is 0.667. The highest BCUT2D eigenvalue weighted by Gasteiger charge is 2.34. The van der Waals surface area contributed by atoms with E-state index in [0.717, 1.165) is 5.69 Å². The SMILES string of the molecule is Cc1cc(N(c2ccc(-c3ccccc3)cc2)c2cc(C)c(-c3cc4ccc5cccc6ccc(c3)c4c56)cc2C)c(C)cc1C1=CC2C=Cc3cccc4c3C2C(=C1)C=C4. The molecule has 0 aliphatic heterocycles. The Kier molecular flexibility index (Phi) is 7.99. The topological polar surface area (TPSA) is 3.24 Å². The highest BCUT2D eigenvalue weighted by molar-refractivity contribution is 6.23. The van der Waals surface area contributed by atoms with E-state index in [2.05, 4.69) is 221 Å². The first-order valence-corrected chi connectivity index (χ1v) is 21.7. The molecule has 1 heteroatoms. The highest BCUT2D eigenvalue weighted by atomic mass is 15.1. The largest absolute Gasteiger partial charge is 0.310 e. The number of hydrogen-bond donors (Lipinski definition) is 0. The Morgan fingerprint density at radius 1 is 0.443 bits per heavy atom. The van der Waals surface area contributed by atoms with Gasteiger partial charge >= 0.3 is 0 Å². The summed E-state index contributed by atoms with van der Waals surface area (Å²) in [6.45, 7) is 9.12. The van der Waals surface area contributed by atoms with Gasteiger partial charge in [-0.2, -0.15) is 0 Å². The second-order valence-corrected chi connectivity index (χ2v) is 17.5. The second kappa shape index (κ2) is 13.7. The Bertz CT molecular complexity index is 3330. The van der Waals surface area contributed by atoms with E-state index in [0.29, 0.717) is 11.8 Å². The van der Waals surface area contributed by atoms with Gasteiger partial charge in [0.1, 0.15) is 0 Å². The summed E-state index contributed by atoms with van der Waals surface area (Å²) in [5, 5.41) is 7.89. The summed E-state index contributed by atoms with van der Waals surface area (Å²) in [5.41, 5.74) is 21.7. The molecule has 9 aromatic rings. The minimum atomic E-state index is 0.339. The fourth-order valence-electron chi connectivity index (χ4n) is 10.8. The van der Waals surface area contributed by atoms with Crippen LogP contribution in [0.3, 0.4) is 0 Å². The standard InChI is InChI=1S/C60H45N/c1-36-30-55(38(3)28-53(36)50-32-46-20-16-42-12-8-13-43-17-21-47(33-50)59(46)57(42)43)61(52-26-24-41(25-27-52)40-10-6-5-7-11-40)56-31-37(2)54(29-39(56)4)51-34-48-22-18-44-14-9-15-45-19-23-49(35-51)60(48)58(44)45/h5-35,46,59H,1-4H3. The Morgan fingerprint density at radius 3 is 1.74 bits per heavy atom. The molecule has 0 saturated heterocycles. The van der Waals surface area contributed by atoms with Crippen LogP contribution in [0.2, 0.25) is 0 Å². The van der Waals surface area contributed by atoms with E-state index in [9.17, 15) is 0 Å². The van der Waals surface area contributed by atoms with Crippen molar-refractivity contribution in [2.45, 2.75) is 33.6 Å². The normalized spacial score (nSPS) is 16.3. The third-order valence-corrected chi connectivity index (χ3v) is 13.8. The van der Waals surface area contributed by atoms with Gasteiger partial charge in [-0.05, 0) is 186 Å². The summed E-state index contributed by atoms with van der Waals surface area (Å²) in [6.07, 6.45) is 14.4. The van der Waals surface area contributed by atoms with Crippen molar-refractivity contribution in [3.63, 3.8) is 0 Å². The van der Waals surface area contributed by atoms with Gasteiger partial charge in [-0.1, -0.05) is 140 Å². The number of hydrogen-bond acceptors (Lipinski definition) is 1. The molecule has 3 aliphatic carbocycles. The zero-order valence-electron chi connectivity index (χ0n) is 35.0. The third kappa shape index (κ3) is 5.68. The van der Waals surface area contributed by atoms with Crippen LogP contribution in [0.1, 0.15) is 50.4 Å². The van der Waals surface area contributed by atoms with Crippen LogP contribution in [0.4, 0.5) is 17.1 Å². The van der Waals surface area contributed by atoms with Crippen molar-refractivity contribution in [1.29, 1.82) is 0 Å². The van der Waals surface area contributed by atoms with Gasteiger partial charge in [0.25, 0.3) is 0 Å². The minimum absolute atomic E-state index is 0.339. The number of rotatable bonds is 6. The van der Waals surface area contributed by atoms with Crippen molar-refractivity contribution in [1.82, 2.24) is 0 Å². The fraction of sp³-hybridized carbons (Fsp3) is 0.100. The van der Waals surface area contributed by atoms with Crippen LogP contribution < -0.4 is 4.90 Å². The van der Waals surface area contributed by atoms with Crippen molar-refractivity contribution in [2.75, 3.05) is 4.90 Å². The zero-order valence-corrected chi connectivity index (χ0v) is 35.0. The van der Waals surface area contributed by atoms with Crippen LogP contribution in [0.15, 0.2) is 182 Å². The molecular formula is C60H45N. The number of anilines is 3. The van der Waals surface area contributed by atoms with Crippen LogP contribution in [-0.4, -0.2) is 0 Å². The van der Waals surface area contributed by atoms with Crippen LogP contribution in [0.25, 0.3) is 72.3 Å². The number of nitrogens with zero attached hydrogens (tertiary/aromatic N) is 1. The summed E-state index contributed by atoms with van der Waals surface area (Å²) in [4.78, 5) is 2.49. The van der Waals surface area contributed by atoms with E-state index in [1.54, 1.807) is 0 Å². The zero-order chi connectivity index (χ0) is 40.9. The molecule has 0 fully saturated rings. The predicted octanol–water partition coefficient (Wildman–Crippen LogP) is 16.4. The number of benzene rings is 9. The smallest absolute Gasteiger partial charge is 0.0493 e. The Hall–Kier alpha value is -7.22. The molecule has 0 spiro atoms. The van der Waals surface area contributed by atoms with E-state index in [4.69, 9.17) is 0 Å². The molecule has 0 amide bonds. The second-order valence-electron chi connectivity index (χ2n) is 17.5. The summed E-state index contributed by atoms with van der Waals surface area (Å²) in [6, 6.07) is 56.7. The van der Waals surface area contributed by atoms with E-state index in [1.165, 1.54) is 122 Å². The molecule has 0 bridgehead atoms. The summed E-state index contributed by atoms with van der Waals surface area (Å²) in [7, 11) is 0. The monoisotopic (exact) mass is 779 g/mol. The average Bonchev–Trinajstić information content (AvgIpc) is 3.29. The van der Waals surface area contributed by atoms with E-state index in [1.807, 2.05) is 0 Å². The van der Waals surface area contributed by atoms with Crippen molar-refractivity contribution in [3.05, 3.63) is 226 Å². The molecule has 0 saturated carbocycles. The van der Waals surface area contributed by atoms with Gasteiger partial charge in [0.15, 0.2) is 0 Å². The first kappa shape index (κ1) is 35.7. The van der Waals surface area contributed by atoms with Gasteiger partial charge in [-0.15, -0.1) is 0 Å². The van der Waals surface area contributed by atoms with E-state index >= 15 is 0 Å². The third-order valence-electron chi connectivity index (χ3n) is 13.8. The molecule has 0 heterocycles. The molecule has 12 rings (SSSR count). The Labute approximate surface area is 358 Å². The van der Waals surface area contributed by atoms with Crippen LogP contribution in [0.5, 0.6) is 0 Å². The van der Waals surface area contributed by atoms with Crippen LogP contribution >= 0.6 is 0 Å². The molecule has 1 nitrogen and oxygen atoms in total. The molecule has 0 aromatic heterocycles. The quantitative estimate of drug-likeness (QED) is 0.152. The average molecular weight is 780 g/mol. The summed E-state index contributed by atoms with van der Waals surface area (Å²) >= 11 is 0. The fourth-order valence-corrected chi connectivity index (χ4v) is 10.8. The molecule has 3 aliphatic rings. The lowest BCUT2D eigenvalue weighted by Gasteiger charge is -2.36. The molecule has 2 unspecified atom stereocenters. The van der Waals surface area contributed by atoms with Gasteiger partial charge in [0, 0.05) is 28.9 Å². The molecule has 290 valence electrons. The van der Waals surface area contributed by atoms with E-state index < -0.39 is 0 Å². The molecule has 9 aromatic carbocycles. The van der Waals surface area contributed by atoms with Crippen molar-refractivity contribution >= 4 is 67.1 Å². The molecule has 2 atom stereocenters. The maximum atomic E-state index is 2.51. The van der Waals surface area contributed by atoms with Crippen molar-refractivity contribution in [3.8, 4) is 22.3 Å². The van der Waals surface area contributed by atoms with Crippen LogP contribution in [0, 0.1) is 33.6 Å². The van der Waals surface area contributed by atoms with Crippen molar-refractivity contribution < 1.29 is 0 Å². The predicted molar refractivity (Wildman–Crippen MR) is 261 cm³/mol. The highest BCUT2D eigenvalue weighted by Crippen LogP contribution is 2.50. The minimum Gasteiger partial charge on any atom is -0.310 e. The lowest BCUT2D eigenvalue weighted by Crippen LogP contribution is -2.21. The molecule has 0 N–H and O–H groups in total. The number of aryl methyl sites for hydroxylation is 4. The van der Waals surface area contributed by atoms with Gasteiger partial charge < -0.3 is 4.90 Å².